The van der Waals surface area contributed by atoms with Crippen molar-refractivity contribution in [3.63, 3.8) is 0 Å². The molecule has 0 aliphatic carbocycles. The first-order chi connectivity index (χ1) is 6.47. The van der Waals surface area contributed by atoms with E-state index in [-0.39, 0.29) is 17.5 Å². The summed E-state index contributed by atoms with van der Waals surface area (Å²) >= 11 is 0. The van der Waals surface area contributed by atoms with Crippen molar-refractivity contribution in [2.24, 2.45) is 5.73 Å². The zero-order chi connectivity index (χ0) is 10.8. The smallest absolute Gasteiger partial charge is 0.273 e. The Morgan fingerprint density at radius 3 is 2.21 bits per heavy atom. The molecule has 0 aliphatic rings. The molecule has 76 valence electrons. The molecule has 4 heteroatoms. The Balaban J connectivity index is 2.99. The normalized spacial score (nSPS) is 11.4. The highest BCUT2D eigenvalue weighted by atomic mass is 19.3. The van der Waals surface area contributed by atoms with Crippen molar-refractivity contribution in [3.05, 3.63) is 35.4 Å². The van der Waals surface area contributed by atoms with Crippen molar-refractivity contribution in [1.82, 2.24) is 0 Å². The van der Waals surface area contributed by atoms with Crippen molar-refractivity contribution in [3.8, 4) is 0 Å². The number of alkyl halides is 2. The molecule has 0 aromatic heterocycles. The lowest BCUT2D eigenvalue weighted by Crippen LogP contribution is -2.14. The highest BCUT2D eigenvalue weighted by Gasteiger charge is 2.28. The Kier molecular flexibility index (Phi) is 2.84. The Hall–Kier alpha value is -1.45. The van der Waals surface area contributed by atoms with Gasteiger partial charge >= 0.3 is 0 Å². The topological polar surface area (TPSA) is 43.1 Å². The molecule has 1 rings (SSSR count). The fourth-order valence-corrected chi connectivity index (χ4v) is 1.08. The van der Waals surface area contributed by atoms with Gasteiger partial charge in [-0.2, -0.15) is 0 Å². The number of nitrogens with two attached hydrogens (primary N) is 1. The van der Waals surface area contributed by atoms with Crippen LogP contribution in [0.15, 0.2) is 24.3 Å². The van der Waals surface area contributed by atoms with Crippen LogP contribution in [0, 0.1) is 0 Å². The van der Waals surface area contributed by atoms with Crippen LogP contribution in [0.1, 0.15) is 29.3 Å². The third kappa shape index (κ3) is 2.07. The summed E-state index contributed by atoms with van der Waals surface area (Å²) in [7, 11) is 0. The van der Waals surface area contributed by atoms with Gasteiger partial charge in [-0.3, -0.25) is 4.79 Å². The van der Waals surface area contributed by atoms with E-state index in [0.717, 1.165) is 0 Å². The van der Waals surface area contributed by atoms with Crippen LogP contribution in [0.25, 0.3) is 0 Å². The van der Waals surface area contributed by atoms with E-state index >= 15 is 0 Å². The number of rotatable bonds is 3. The van der Waals surface area contributed by atoms with Gasteiger partial charge in [-0.05, 0) is 12.1 Å². The maximum Gasteiger partial charge on any atom is 0.273 e. The van der Waals surface area contributed by atoms with Crippen LogP contribution in [0.5, 0.6) is 0 Å². The minimum atomic E-state index is -2.84. The second-order valence-corrected chi connectivity index (χ2v) is 3.00. The van der Waals surface area contributed by atoms with Crippen LogP contribution in [0.2, 0.25) is 0 Å². The van der Waals surface area contributed by atoms with Crippen LogP contribution < -0.4 is 5.73 Å². The lowest BCUT2D eigenvalue weighted by Gasteiger charge is -2.13. The first-order valence-corrected chi connectivity index (χ1v) is 4.25. The number of hydrogen-bond donors (Lipinski definition) is 1. The van der Waals surface area contributed by atoms with Crippen LogP contribution in [-0.4, -0.2) is 5.91 Å². The first kappa shape index (κ1) is 10.6. The van der Waals surface area contributed by atoms with Gasteiger partial charge in [0.05, 0.1) is 0 Å². The molecule has 0 radical (unpaired) electrons. The lowest BCUT2D eigenvalue weighted by molar-refractivity contribution is -0.00830. The van der Waals surface area contributed by atoms with E-state index in [9.17, 15) is 13.6 Å². The average molecular weight is 199 g/mol. The third-order valence-corrected chi connectivity index (χ3v) is 2.04. The number of amides is 1. The van der Waals surface area contributed by atoms with Gasteiger partial charge in [0, 0.05) is 17.5 Å². The Bertz CT molecular complexity index is 332. The zero-order valence-corrected chi connectivity index (χ0v) is 7.76. The summed E-state index contributed by atoms with van der Waals surface area (Å²) < 4.78 is 26.2. The molecule has 0 unspecified atom stereocenters. The van der Waals surface area contributed by atoms with Crippen molar-refractivity contribution < 1.29 is 13.6 Å². The summed E-state index contributed by atoms with van der Waals surface area (Å²) in [5.74, 6) is -3.45. The number of hydrogen-bond acceptors (Lipinski definition) is 1. The summed E-state index contributed by atoms with van der Waals surface area (Å²) in [5.41, 5.74) is 5.12. The van der Waals surface area contributed by atoms with Crippen molar-refractivity contribution in [2.75, 3.05) is 0 Å². The molecule has 0 saturated carbocycles. The highest BCUT2D eigenvalue weighted by Crippen LogP contribution is 2.30. The van der Waals surface area contributed by atoms with Gasteiger partial charge in [0.1, 0.15) is 0 Å². The first-order valence-electron chi connectivity index (χ1n) is 4.25. The number of carbonyl (C=O) groups is 1. The van der Waals surface area contributed by atoms with Crippen LogP contribution in [-0.2, 0) is 5.92 Å². The molecule has 0 saturated heterocycles. The second-order valence-electron chi connectivity index (χ2n) is 3.00. The van der Waals surface area contributed by atoms with Crippen LogP contribution in [0.3, 0.4) is 0 Å². The molecular formula is C10H11F2NO. The molecular weight excluding hydrogens is 188 g/mol. The van der Waals surface area contributed by atoms with E-state index in [0.29, 0.717) is 0 Å². The van der Waals surface area contributed by atoms with E-state index < -0.39 is 11.8 Å². The van der Waals surface area contributed by atoms with Crippen molar-refractivity contribution in [1.29, 1.82) is 0 Å². The predicted octanol–water partition coefficient (Wildman–Crippen LogP) is 2.29. The molecule has 2 N–H and O–H groups in total. The maximum absolute atomic E-state index is 13.1. The number of halogens is 2. The minimum Gasteiger partial charge on any atom is -0.366 e. The number of primary amides is 1. The minimum absolute atomic E-state index is 0.0926. The Morgan fingerprint density at radius 2 is 1.86 bits per heavy atom. The quantitative estimate of drug-likeness (QED) is 0.797. The SMILES string of the molecule is CCC(F)(F)c1ccc(C(N)=O)cc1. The van der Waals surface area contributed by atoms with Gasteiger partial charge < -0.3 is 5.73 Å². The standard InChI is InChI=1S/C10H11F2NO/c1-2-10(11,12)8-5-3-7(4-6-8)9(13)14/h3-6H,2H2,1H3,(H2,13,14). The van der Waals surface area contributed by atoms with Crippen LogP contribution >= 0.6 is 0 Å². The molecule has 0 spiro atoms. The predicted molar refractivity (Wildman–Crippen MR) is 49.1 cm³/mol. The summed E-state index contributed by atoms with van der Waals surface area (Å²) in [6.45, 7) is 1.40. The van der Waals surface area contributed by atoms with Crippen molar-refractivity contribution >= 4 is 5.91 Å². The molecule has 0 heterocycles. The summed E-state index contributed by atoms with van der Waals surface area (Å²) in [6, 6.07) is 5.07. The number of benzene rings is 1. The van der Waals surface area contributed by atoms with Crippen molar-refractivity contribution in [2.45, 2.75) is 19.3 Å². The molecule has 0 bridgehead atoms. The van der Waals surface area contributed by atoms with Gasteiger partial charge in [-0.1, -0.05) is 19.1 Å². The van der Waals surface area contributed by atoms with E-state index in [4.69, 9.17) is 5.73 Å². The monoisotopic (exact) mass is 199 g/mol. The third-order valence-electron chi connectivity index (χ3n) is 2.04. The van der Waals surface area contributed by atoms with E-state index in [1.807, 2.05) is 0 Å². The maximum atomic E-state index is 13.1. The Morgan fingerprint density at radius 1 is 1.36 bits per heavy atom. The molecule has 0 atom stereocenters. The highest BCUT2D eigenvalue weighted by molar-refractivity contribution is 5.92. The average Bonchev–Trinajstić information content (AvgIpc) is 2.18. The summed E-state index contributed by atoms with van der Waals surface area (Å²) in [5, 5.41) is 0. The van der Waals surface area contributed by atoms with E-state index in [1.54, 1.807) is 0 Å². The Labute approximate surface area is 80.7 Å². The van der Waals surface area contributed by atoms with Gasteiger partial charge in [0.2, 0.25) is 5.91 Å². The second kappa shape index (κ2) is 3.74. The van der Waals surface area contributed by atoms with Gasteiger partial charge in [0.25, 0.3) is 5.92 Å². The fraction of sp³-hybridized carbons (Fsp3) is 0.300. The molecule has 2 nitrogen and oxygen atoms in total. The fourth-order valence-electron chi connectivity index (χ4n) is 1.08. The molecule has 0 fully saturated rings. The lowest BCUT2D eigenvalue weighted by atomic mass is 10.0. The number of carbonyl (C=O) groups excluding carboxylic acids is 1. The van der Waals surface area contributed by atoms with Gasteiger partial charge in [-0.25, -0.2) is 8.78 Å². The molecule has 1 aromatic rings. The molecule has 0 aliphatic heterocycles. The van der Waals surface area contributed by atoms with E-state index in [2.05, 4.69) is 0 Å². The molecule has 1 aromatic carbocycles. The zero-order valence-electron chi connectivity index (χ0n) is 7.76. The van der Waals surface area contributed by atoms with Gasteiger partial charge in [-0.15, -0.1) is 0 Å². The van der Waals surface area contributed by atoms with Gasteiger partial charge in [0.15, 0.2) is 0 Å². The summed E-state index contributed by atoms with van der Waals surface area (Å²) in [6.07, 6.45) is -0.261. The van der Waals surface area contributed by atoms with E-state index in [1.165, 1.54) is 31.2 Å². The molecule has 1 amide bonds. The molecule has 14 heavy (non-hydrogen) atoms. The van der Waals surface area contributed by atoms with Crippen LogP contribution in [0.4, 0.5) is 8.78 Å². The largest absolute Gasteiger partial charge is 0.366 e. The summed E-state index contributed by atoms with van der Waals surface area (Å²) in [4.78, 5) is 10.7.